The summed E-state index contributed by atoms with van der Waals surface area (Å²) in [5, 5.41) is 23.7. The van der Waals surface area contributed by atoms with Crippen LogP contribution in [0.25, 0.3) is 0 Å². The third-order valence-corrected chi connectivity index (χ3v) is 3.87. The summed E-state index contributed by atoms with van der Waals surface area (Å²) in [6.45, 7) is 0. The first-order valence-electron chi connectivity index (χ1n) is 5.61. The average Bonchev–Trinajstić information content (AvgIpc) is 2.19. The minimum Gasteiger partial charge on any atom is -0.495 e. The van der Waals surface area contributed by atoms with Gasteiger partial charge in [-0.25, -0.2) is 0 Å². The largest absolute Gasteiger partial charge is 0.495 e. The summed E-state index contributed by atoms with van der Waals surface area (Å²) in [5.41, 5.74) is -0.110. The van der Waals surface area contributed by atoms with Crippen LogP contribution in [0.1, 0.15) is 25.7 Å². The number of aliphatic hydroxyl groups excluding tert-OH is 2. The van der Waals surface area contributed by atoms with Gasteiger partial charge in [0.15, 0.2) is 12.2 Å². The van der Waals surface area contributed by atoms with Gasteiger partial charge in [-0.1, -0.05) is 6.42 Å². The van der Waals surface area contributed by atoms with Gasteiger partial charge in [-0.3, -0.25) is 9.88 Å². The lowest BCUT2D eigenvalue weighted by Crippen LogP contribution is -2.50. The first-order chi connectivity index (χ1) is 8.29. The second-order valence-corrected chi connectivity index (χ2v) is 6.36. The molecule has 2 unspecified atom stereocenters. The lowest BCUT2D eigenvalue weighted by Gasteiger charge is -2.28. The molecule has 0 saturated heterocycles. The number of rotatable bonds is 6. The molecule has 1 aliphatic rings. The summed E-state index contributed by atoms with van der Waals surface area (Å²) in [6.07, 6.45) is 1.00. The molecule has 0 aromatic heterocycles. The van der Waals surface area contributed by atoms with Crippen LogP contribution in [0, 0.1) is 0 Å². The zero-order chi connectivity index (χ0) is 13.8. The summed E-state index contributed by atoms with van der Waals surface area (Å²) in [6, 6.07) is 0. The summed E-state index contributed by atoms with van der Waals surface area (Å²) in [5.74, 6) is -0.142. The van der Waals surface area contributed by atoms with Crippen LogP contribution in [-0.4, -0.2) is 38.0 Å². The molecule has 7 nitrogen and oxygen atoms in total. The molecule has 106 valence electrons. The lowest BCUT2D eigenvalue weighted by molar-refractivity contribution is 0.0811. The Labute approximate surface area is 110 Å². The van der Waals surface area contributed by atoms with Crippen molar-refractivity contribution in [2.75, 3.05) is 6.16 Å². The zero-order valence-corrected chi connectivity index (χ0v) is 11.4. The van der Waals surface area contributed by atoms with E-state index in [0.717, 1.165) is 0 Å². The van der Waals surface area contributed by atoms with Gasteiger partial charge in [0.2, 0.25) is 0 Å². The Hall–Kier alpha value is -0.300. The fourth-order valence-electron chi connectivity index (χ4n) is 1.68. The van der Waals surface area contributed by atoms with Gasteiger partial charge in [0, 0.05) is 11.7 Å². The fraction of sp³-hybridized carbons (Fsp3) is 0.778. The molecule has 6 N–H and O–H groups in total. The highest BCUT2D eigenvalue weighted by Gasteiger charge is 2.24. The molecular formula is C9H18ClN2O5P. The summed E-state index contributed by atoms with van der Waals surface area (Å²) in [4.78, 5) is 17.3. The van der Waals surface area contributed by atoms with E-state index in [1.165, 1.54) is 0 Å². The van der Waals surface area contributed by atoms with Crippen molar-refractivity contribution in [3.8, 4) is 0 Å². The van der Waals surface area contributed by atoms with Crippen LogP contribution in [-0.2, 0) is 4.57 Å². The summed E-state index contributed by atoms with van der Waals surface area (Å²) in [7, 11) is -3.92. The van der Waals surface area contributed by atoms with E-state index in [1.807, 2.05) is 0 Å². The molecular weight excluding hydrogens is 283 g/mol. The molecule has 18 heavy (non-hydrogen) atoms. The molecule has 0 saturated carbocycles. The van der Waals surface area contributed by atoms with E-state index in [2.05, 4.69) is 10.6 Å². The van der Waals surface area contributed by atoms with Crippen molar-refractivity contribution in [1.29, 1.82) is 0 Å². The van der Waals surface area contributed by atoms with Crippen molar-refractivity contribution >= 4 is 19.2 Å². The minimum atomic E-state index is -3.92. The van der Waals surface area contributed by atoms with Crippen LogP contribution in [0.2, 0.25) is 0 Å². The second-order valence-electron chi connectivity index (χ2n) is 4.15. The molecule has 0 aromatic carbocycles. The number of hydrogen-bond acceptors (Lipinski definition) is 5. The van der Waals surface area contributed by atoms with Gasteiger partial charge in [0.1, 0.15) is 5.50 Å². The average molecular weight is 301 g/mol. The molecule has 1 aliphatic heterocycles. The molecule has 1 rings (SSSR count). The molecule has 2 atom stereocenters. The van der Waals surface area contributed by atoms with Gasteiger partial charge >= 0.3 is 7.60 Å². The van der Waals surface area contributed by atoms with Crippen molar-refractivity contribution in [3.05, 3.63) is 11.5 Å². The molecule has 1 heterocycles. The Morgan fingerprint density at radius 3 is 2.50 bits per heavy atom. The summed E-state index contributed by atoms with van der Waals surface area (Å²) < 4.78 is 10.6. The molecule has 0 aromatic rings. The van der Waals surface area contributed by atoms with Gasteiger partial charge in [0.25, 0.3) is 0 Å². The van der Waals surface area contributed by atoms with Crippen LogP contribution < -0.4 is 10.6 Å². The topological polar surface area (TPSA) is 122 Å². The van der Waals surface area contributed by atoms with Crippen molar-refractivity contribution in [3.63, 3.8) is 0 Å². The van der Waals surface area contributed by atoms with Crippen molar-refractivity contribution in [2.45, 2.75) is 37.5 Å². The lowest BCUT2D eigenvalue weighted by atomic mass is 10.1. The Balaban J connectivity index is 2.30. The fourth-order valence-corrected chi connectivity index (χ4v) is 2.65. The van der Waals surface area contributed by atoms with E-state index < -0.39 is 19.4 Å². The number of hydrogen-bond donors (Lipinski definition) is 6. The second kappa shape index (κ2) is 6.75. The van der Waals surface area contributed by atoms with E-state index >= 15 is 0 Å². The smallest absolute Gasteiger partial charge is 0.325 e. The van der Waals surface area contributed by atoms with Crippen LogP contribution in [0.4, 0.5) is 0 Å². The van der Waals surface area contributed by atoms with E-state index in [4.69, 9.17) is 21.4 Å². The molecule has 0 amide bonds. The molecule has 0 spiro atoms. The number of alkyl halides is 1. The quantitative estimate of drug-likeness (QED) is 0.183. The van der Waals surface area contributed by atoms with Gasteiger partial charge < -0.3 is 25.3 Å². The van der Waals surface area contributed by atoms with Crippen LogP contribution in [0.3, 0.4) is 0 Å². The molecule has 0 aliphatic carbocycles. The number of aliphatic hydroxyl groups is 2. The van der Waals surface area contributed by atoms with Gasteiger partial charge in [-0.2, -0.15) is 0 Å². The van der Waals surface area contributed by atoms with Crippen LogP contribution >= 0.6 is 19.2 Å². The maximum atomic E-state index is 10.6. The number of unbranched alkanes of at least 4 members (excludes halogenated alkanes) is 2. The monoisotopic (exact) mass is 300 g/mol. The van der Waals surface area contributed by atoms with E-state index in [0.29, 0.717) is 31.3 Å². The highest BCUT2D eigenvalue weighted by molar-refractivity contribution is 7.51. The Bertz CT molecular complexity index is 359. The van der Waals surface area contributed by atoms with E-state index in [1.54, 1.807) is 0 Å². The Morgan fingerprint density at radius 1 is 1.28 bits per heavy atom. The number of nitrogens with one attached hydrogen (secondary N) is 2. The zero-order valence-electron chi connectivity index (χ0n) is 9.71. The van der Waals surface area contributed by atoms with Crippen LogP contribution in [0.15, 0.2) is 11.5 Å². The highest BCUT2D eigenvalue weighted by Crippen LogP contribution is 2.35. The normalized spacial score (nSPS) is 25.1. The first kappa shape index (κ1) is 15.8. The predicted molar refractivity (Wildman–Crippen MR) is 67.0 cm³/mol. The van der Waals surface area contributed by atoms with Gasteiger partial charge in [0.05, 0.1) is 0 Å². The number of halogens is 1. The standard InChI is InChI=1S/C9H18ClN2O5P/c10-7-6(8(13)12-9(14)11-7)4-2-1-3-5-18(15,16)17/h7,9,11-14H,1-5H2,(H2,15,16,17). The Morgan fingerprint density at radius 2 is 1.94 bits per heavy atom. The van der Waals surface area contributed by atoms with E-state index in [-0.39, 0.29) is 12.0 Å². The predicted octanol–water partition coefficient (Wildman–Crippen LogP) is 0.528. The third-order valence-electron chi connectivity index (χ3n) is 2.58. The van der Waals surface area contributed by atoms with Gasteiger partial charge in [-0.15, -0.1) is 11.6 Å². The van der Waals surface area contributed by atoms with E-state index in [9.17, 15) is 14.8 Å². The molecule has 0 radical (unpaired) electrons. The molecule has 9 heteroatoms. The maximum Gasteiger partial charge on any atom is 0.325 e. The SMILES string of the molecule is O=P(O)(O)CCCCCC1=C(O)NC(O)NC1Cl. The van der Waals surface area contributed by atoms with Crippen molar-refractivity contribution in [2.24, 2.45) is 0 Å². The molecule has 0 bridgehead atoms. The summed E-state index contributed by atoms with van der Waals surface area (Å²) >= 11 is 5.90. The minimum absolute atomic E-state index is 0.127. The first-order valence-corrected chi connectivity index (χ1v) is 7.84. The third kappa shape index (κ3) is 5.56. The van der Waals surface area contributed by atoms with Crippen LogP contribution in [0.5, 0.6) is 0 Å². The Kier molecular flexibility index (Phi) is 5.91. The van der Waals surface area contributed by atoms with Gasteiger partial charge in [-0.05, 0) is 19.3 Å². The van der Waals surface area contributed by atoms with Crippen molar-refractivity contribution < 1.29 is 24.6 Å². The highest BCUT2D eigenvalue weighted by atomic mass is 35.5. The van der Waals surface area contributed by atoms with Crippen molar-refractivity contribution in [1.82, 2.24) is 10.6 Å². The molecule has 0 fully saturated rings. The maximum absolute atomic E-state index is 10.6.